The minimum atomic E-state index is 0.156. The standard InChI is InChI=1S/C18H18N2O3/c21-18(10-14-1-4-16-17(9-14)23-12-22-16)20(15-2-3-15)11-13-5-7-19-8-6-13/h1,4-9,15H,2-3,10-12H2. The quantitative estimate of drug-likeness (QED) is 0.851. The number of benzene rings is 1. The molecular weight excluding hydrogens is 292 g/mol. The second-order valence-electron chi connectivity index (χ2n) is 5.97. The summed E-state index contributed by atoms with van der Waals surface area (Å²) in [5, 5.41) is 0. The van der Waals surface area contributed by atoms with E-state index < -0.39 is 0 Å². The van der Waals surface area contributed by atoms with E-state index in [-0.39, 0.29) is 12.7 Å². The molecule has 0 N–H and O–H groups in total. The largest absolute Gasteiger partial charge is 0.454 e. The summed E-state index contributed by atoms with van der Waals surface area (Å²) in [6.07, 6.45) is 6.11. The van der Waals surface area contributed by atoms with E-state index in [1.165, 1.54) is 0 Å². The minimum absolute atomic E-state index is 0.156. The van der Waals surface area contributed by atoms with Crippen LogP contribution in [0.25, 0.3) is 0 Å². The van der Waals surface area contributed by atoms with Gasteiger partial charge in [-0.1, -0.05) is 6.07 Å². The fraction of sp³-hybridized carbons (Fsp3) is 0.333. The summed E-state index contributed by atoms with van der Waals surface area (Å²) in [4.78, 5) is 18.8. The first-order valence-corrected chi connectivity index (χ1v) is 7.86. The molecule has 1 fully saturated rings. The van der Waals surface area contributed by atoms with E-state index in [1.807, 2.05) is 35.2 Å². The first-order valence-electron chi connectivity index (χ1n) is 7.86. The molecule has 4 rings (SSSR count). The van der Waals surface area contributed by atoms with Crippen LogP contribution in [0.4, 0.5) is 0 Å². The zero-order valence-corrected chi connectivity index (χ0v) is 12.8. The lowest BCUT2D eigenvalue weighted by atomic mass is 10.1. The third-order valence-electron chi connectivity index (χ3n) is 4.20. The predicted molar refractivity (Wildman–Crippen MR) is 84.1 cm³/mol. The molecule has 0 bridgehead atoms. The van der Waals surface area contributed by atoms with E-state index in [2.05, 4.69) is 4.98 Å². The maximum absolute atomic E-state index is 12.7. The summed E-state index contributed by atoms with van der Waals surface area (Å²) in [5.74, 6) is 1.63. The Kier molecular flexibility index (Phi) is 3.61. The summed E-state index contributed by atoms with van der Waals surface area (Å²) in [5.41, 5.74) is 2.07. The van der Waals surface area contributed by atoms with Crippen LogP contribution in [0.3, 0.4) is 0 Å². The Balaban J connectivity index is 1.47. The maximum Gasteiger partial charge on any atom is 0.231 e. The Morgan fingerprint density at radius 1 is 1.09 bits per heavy atom. The highest BCUT2D eigenvalue weighted by Crippen LogP contribution is 2.33. The van der Waals surface area contributed by atoms with Gasteiger partial charge in [0.25, 0.3) is 0 Å². The molecule has 0 spiro atoms. The molecule has 2 heterocycles. The van der Waals surface area contributed by atoms with Gasteiger partial charge in [0.2, 0.25) is 12.7 Å². The van der Waals surface area contributed by atoms with Crippen LogP contribution in [0.1, 0.15) is 24.0 Å². The molecule has 1 aliphatic heterocycles. The van der Waals surface area contributed by atoms with Gasteiger partial charge in [0.15, 0.2) is 11.5 Å². The second kappa shape index (κ2) is 5.91. The average molecular weight is 310 g/mol. The fourth-order valence-electron chi connectivity index (χ4n) is 2.82. The SMILES string of the molecule is O=C(Cc1ccc2c(c1)OCO2)N(Cc1ccncc1)C1CC1. The van der Waals surface area contributed by atoms with Gasteiger partial charge < -0.3 is 14.4 Å². The van der Waals surface area contributed by atoms with E-state index >= 15 is 0 Å². The molecule has 0 unspecified atom stereocenters. The van der Waals surface area contributed by atoms with Crippen LogP contribution in [0.15, 0.2) is 42.7 Å². The third-order valence-corrected chi connectivity index (χ3v) is 4.20. The lowest BCUT2D eigenvalue weighted by Gasteiger charge is -2.22. The second-order valence-corrected chi connectivity index (χ2v) is 5.97. The maximum atomic E-state index is 12.7. The number of fused-ring (bicyclic) bond motifs is 1. The number of carbonyl (C=O) groups is 1. The van der Waals surface area contributed by atoms with E-state index in [4.69, 9.17) is 9.47 Å². The van der Waals surface area contributed by atoms with Crippen molar-refractivity contribution in [2.24, 2.45) is 0 Å². The normalized spacial score (nSPS) is 15.5. The van der Waals surface area contributed by atoms with Crippen molar-refractivity contribution in [3.05, 3.63) is 53.9 Å². The molecule has 0 atom stereocenters. The fourth-order valence-corrected chi connectivity index (χ4v) is 2.82. The number of hydrogen-bond donors (Lipinski definition) is 0. The lowest BCUT2D eigenvalue weighted by molar-refractivity contribution is -0.131. The molecule has 23 heavy (non-hydrogen) atoms. The van der Waals surface area contributed by atoms with E-state index in [0.29, 0.717) is 19.0 Å². The Morgan fingerprint density at radius 2 is 1.87 bits per heavy atom. The molecule has 0 saturated heterocycles. The molecule has 2 aliphatic rings. The van der Waals surface area contributed by atoms with Crippen molar-refractivity contribution in [3.63, 3.8) is 0 Å². The predicted octanol–water partition coefficient (Wildman–Crippen LogP) is 2.54. The van der Waals surface area contributed by atoms with Crippen molar-refractivity contribution in [3.8, 4) is 11.5 Å². The monoisotopic (exact) mass is 310 g/mol. The molecule has 1 aromatic heterocycles. The van der Waals surface area contributed by atoms with Gasteiger partial charge in [-0.25, -0.2) is 0 Å². The number of nitrogens with zero attached hydrogens (tertiary/aromatic N) is 2. The van der Waals surface area contributed by atoms with Crippen LogP contribution in [0.2, 0.25) is 0 Å². The van der Waals surface area contributed by atoms with Crippen molar-refractivity contribution < 1.29 is 14.3 Å². The number of rotatable bonds is 5. The number of carbonyl (C=O) groups excluding carboxylic acids is 1. The summed E-state index contributed by atoms with van der Waals surface area (Å²) in [6.45, 7) is 0.902. The Hall–Kier alpha value is -2.56. The van der Waals surface area contributed by atoms with Crippen molar-refractivity contribution in [2.75, 3.05) is 6.79 Å². The summed E-state index contributed by atoms with van der Waals surface area (Å²) in [7, 11) is 0. The topological polar surface area (TPSA) is 51.7 Å². The van der Waals surface area contributed by atoms with Crippen LogP contribution in [0, 0.1) is 0 Å². The van der Waals surface area contributed by atoms with Gasteiger partial charge in [0, 0.05) is 25.0 Å². The van der Waals surface area contributed by atoms with Crippen molar-refractivity contribution in [1.82, 2.24) is 9.88 Å². The minimum Gasteiger partial charge on any atom is -0.454 e. The van der Waals surface area contributed by atoms with Crippen molar-refractivity contribution >= 4 is 5.91 Å². The molecule has 5 nitrogen and oxygen atoms in total. The van der Waals surface area contributed by atoms with Crippen LogP contribution < -0.4 is 9.47 Å². The molecule has 1 aliphatic carbocycles. The van der Waals surface area contributed by atoms with Crippen LogP contribution in [-0.4, -0.2) is 28.6 Å². The first-order chi connectivity index (χ1) is 11.3. The molecule has 1 amide bonds. The average Bonchev–Trinajstić information content (AvgIpc) is 3.30. The van der Waals surface area contributed by atoms with Gasteiger partial charge in [-0.15, -0.1) is 0 Å². The van der Waals surface area contributed by atoms with Crippen LogP contribution in [0.5, 0.6) is 11.5 Å². The number of ether oxygens (including phenoxy) is 2. The number of amides is 1. The van der Waals surface area contributed by atoms with Gasteiger partial charge in [0.05, 0.1) is 6.42 Å². The highest BCUT2D eigenvalue weighted by atomic mass is 16.7. The molecule has 0 radical (unpaired) electrons. The van der Waals surface area contributed by atoms with Gasteiger partial charge in [-0.05, 0) is 48.2 Å². The summed E-state index contributed by atoms with van der Waals surface area (Å²) >= 11 is 0. The molecule has 2 aromatic rings. The Labute approximate surface area is 134 Å². The van der Waals surface area contributed by atoms with Crippen LogP contribution in [-0.2, 0) is 17.8 Å². The van der Waals surface area contributed by atoms with E-state index in [1.54, 1.807) is 12.4 Å². The molecule has 118 valence electrons. The van der Waals surface area contributed by atoms with Gasteiger partial charge >= 0.3 is 0 Å². The number of hydrogen-bond acceptors (Lipinski definition) is 4. The summed E-state index contributed by atoms with van der Waals surface area (Å²) in [6, 6.07) is 10.0. The zero-order valence-electron chi connectivity index (χ0n) is 12.8. The van der Waals surface area contributed by atoms with Crippen LogP contribution >= 0.6 is 0 Å². The van der Waals surface area contributed by atoms with Gasteiger partial charge in [-0.3, -0.25) is 9.78 Å². The highest BCUT2D eigenvalue weighted by molar-refractivity contribution is 5.79. The smallest absolute Gasteiger partial charge is 0.231 e. The molecule has 1 aromatic carbocycles. The Bertz CT molecular complexity index is 713. The van der Waals surface area contributed by atoms with E-state index in [0.717, 1.165) is 35.5 Å². The first kappa shape index (κ1) is 14.1. The Morgan fingerprint density at radius 3 is 2.65 bits per heavy atom. The van der Waals surface area contributed by atoms with Gasteiger partial charge in [0.1, 0.15) is 0 Å². The molecule has 1 saturated carbocycles. The van der Waals surface area contributed by atoms with Crippen molar-refractivity contribution in [1.29, 1.82) is 0 Å². The van der Waals surface area contributed by atoms with Crippen molar-refractivity contribution in [2.45, 2.75) is 31.8 Å². The van der Waals surface area contributed by atoms with E-state index in [9.17, 15) is 4.79 Å². The lowest BCUT2D eigenvalue weighted by Crippen LogP contribution is -2.33. The zero-order chi connectivity index (χ0) is 15.6. The highest BCUT2D eigenvalue weighted by Gasteiger charge is 2.32. The molecular formula is C18H18N2O3. The third kappa shape index (κ3) is 3.13. The summed E-state index contributed by atoms with van der Waals surface area (Å²) < 4.78 is 10.7. The number of aromatic nitrogens is 1. The number of pyridine rings is 1. The van der Waals surface area contributed by atoms with Gasteiger partial charge in [-0.2, -0.15) is 0 Å². The molecule has 5 heteroatoms.